The van der Waals surface area contributed by atoms with Gasteiger partial charge >= 0.3 is 0 Å². The Kier molecular flexibility index (Phi) is 3.99. The summed E-state index contributed by atoms with van der Waals surface area (Å²) in [5.74, 6) is -1.16. The van der Waals surface area contributed by atoms with E-state index in [9.17, 15) is 9.18 Å². The van der Waals surface area contributed by atoms with Gasteiger partial charge in [0.05, 0.1) is 13.2 Å². The number of hydroxylamine groups is 1. The maximum absolute atomic E-state index is 13.2. The third-order valence-corrected chi connectivity index (χ3v) is 2.54. The van der Waals surface area contributed by atoms with E-state index in [2.05, 4.69) is 4.84 Å². The number of halogens is 1. The Bertz CT molecular complexity index is 326. The molecule has 1 aromatic rings. The predicted molar refractivity (Wildman–Crippen MR) is 49.5 cm³/mol. The van der Waals surface area contributed by atoms with Crippen molar-refractivity contribution in [3.63, 3.8) is 0 Å². The normalized spacial score (nSPS) is 10.2. The number of aliphatic hydroxyl groups excluding tert-OH is 1. The number of amides is 1. The van der Waals surface area contributed by atoms with Gasteiger partial charge in [-0.15, -0.1) is 11.3 Å². The highest BCUT2D eigenvalue weighted by Gasteiger charge is 2.15. The van der Waals surface area contributed by atoms with Crippen molar-refractivity contribution in [3.8, 4) is 0 Å². The molecule has 0 aromatic carbocycles. The van der Waals surface area contributed by atoms with Crippen LogP contribution >= 0.6 is 11.3 Å². The summed E-state index contributed by atoms with van der Waals surface area (Å²) in [6.45, 7) is 1.36. The van der Waals surface area contributed by atoms with Crippen LogP contribution in [0.15, 0.2) is 5.38 Å². The Morgan fingerprint density at radius 1 is 1.79 bits per heavy atom. The first-order chi connectivity index (χ1) is 6.66. The molecule has 0 bridgehead atoms. The fourth-order valence-electron chi connectivity index (χ4n) is 0.792. The van der Waals surface area contributed by atoms with Crippen molar-refractivity contribution in [1.82, 2.24) is 5.48 Å². The molecule has 2 N–H and O–H groups in total. The van der Waals surface area contributed by atoms with E-state index in [1.165, 1.54) is 0 Å². The first-order valence-electron chi connectivity index (χ1n) is 3.93. The lowest BCUT2D eigenvalue weighted by molar-refractivity contribution is 0.0169. The Morgan fingerprint density at radius 2 is 2.50 bits per heavy atom. The van der Waals surface area contributed by atoms with E-state index in [-0.39, 0.29) is 18.1 Å². The SMILES string of the molecule is Cc1csc(C(=O)NOCCO)c1F. The van der Waals surface area contributed by atoms with E-state index in [0.717, 1.165) is 11.3 Å². The average molecular weight is 219 g/mol. The van der Waals surface area contributed by atoms with Gasteiger partial charge in [-0.05, 0) is 17.9 Å². The Labute approximate surface area is 84.3 Å². The zero-order chi connectivity index (χ0) is 10.6. The summed E-state index contributed by atoms with van der Waals surface area (Å²) < 4.78 is 13.2. The number of hydrogen-bond donors (Lipinski definition) is 2. The van der Waals surface area contributed by atoms with Gasteiger partial charge in [0.1, 0.15) is 10.7 Å². The molecule has 0 spiro atoms. The quantitative estimate of drug-likeness (QED) is 0.583. The fraction of sp³-hybridized carbons (Fsp3) is 0.375. The zero-order valence-corrected chi connectivity index (χ0v) is 8.36. The molecular weight excluding hydrogens is 209 g/mol. The largest absolute Gasteiger partial charge is 0.394 e. The van der Waals surface area contributed by atoms with Crippen LogP contribution < -0.4 is 5.48 Å². The highest BCUT2D eigenvalue weighted by atomic mass is 32.1. The van der Waals surface area contributed by atoms with Crippen molar-refractivity contribution >= 4 is 17.2 Å². The van der Waals surface area contributed by atoms with Crippen LogP contribution in [0.3, 0.4) is 0 Å². The van der Waals surface area contributed by atoms with Gasteiger partial charge in [0, 0.05) is 0 Å². The molecule has 0 fully saturated rings. The number of thiophene rings is 1. The summed E-state index contributed by atoms with van der Waals surface area (Å²) in [5.41, 5.74) is 2.46. The molecule has 1 amide bonds. The highest BCUT2D eigenvalue weighted by Crippen LogP contribution is 2.19. The lowest BCUT2D eigenvalue weighted by Gasteiger charge is -2.02. The van der Waals surface area contributed by atoms with Crippen molar-refractivity contribution in [2.45, 2.75) is 6.92 Å². The molecule has 1 aromatic heterocycles. The van der Waals surface area contributed by atoms with Crippen LogP contribution in [0.5, 0.6) is 0 Å². The molecule has 0 aliphatic heterocycles. The standard InChI is InChI=1S/C8H10FNO3S/c1-5-4-14-7(6(5)9)8(12)10-13-3-2-11/h4,11H,2-3H2,1H3,(H,10,12). The molecule has 78 valence electrons. The predicted octanol–water partition coefficient (Wildman–Crippen LogP) is 0.849. The first kappa shape index (κ1) is 11.1. The van der Waals surface area contributed by atoms with Gasteiger partial charge < -0.3 is 5.11 Å². The molecule has 14 heavy (non-hydrogen) atoms. The van der Waals surface area contributed by atoms with Crippen molar-refractivity contribution in [2.75, 3.05) is 13.2 Å². The summed E-state index contributed by atoms with van der Waals surface area (Å²) in [6, 6.07) is 0. The number of carbonyl (C=O) groups excluding carboxylic acids is 1. The van der Waals surface area contributed by atoms with Crippen LogP contribution in [0, 0.1) is 12.7 Å². The first-order valence-corrected chi connectivity index (χ1v) is 4.81. The third kappa shape index (κ3) is 2.50. The van der Waals surface area contributed by atoms with Crippen molar-refractivity contribution in [1.29, 1.82) is 0 Å². The van der Waals surface area contributed by atoms with E-state index in [1.807, 2.05) is 5.48 Å². The molecule has 1 rings (SSSR count). The number of rotatable bonds is 4. The van der Waals surface area contributed by atoms with Gasteiger partial charge in [-0.2, -0.15) is 0 Å². The number of aliphatic hydroxyl groups is 1. The minimum absolute atomic E-state index is 0.0135. The molecule has 4 nitrogen and oxygen atoms in total. The maximum atomic E-state index is 13.2. The number of hydrogen-bond acceptors (Lipinski definition) is 4. The summed E-state index contributed by atoms with van der Waals surface area (Å²) in [6.07, 6.45) is 0. The van der Waals surface area contributed by atoms with Crippen LogP contribution in [0.1, 0.15) is 15.2 Å². The second-order valence-electron chi connectivity index (χ2n) is 2.57. The van der Waals surface area contributed by atoms with E-state index in [4.69, 9.17) is 5.11 Å². The molecule has 0 aliphatic carbocycles. The minimum atomic E-state index is -0.631. The molecular formula is C8H10FNO3S. The molecule has 0 saturated carbocycles. The Balaban J connectivity index is 2.56. The van der Waals surface area contributed by atoms with E-state index in [0.29, 0.717) is 5.56 Å². The molecule has 0 atom stereocenters. The average Bonchev–Trinajstić information content (AvgIpc) is 2.48. The van der Waals surface area contributed by atoms with Gasteiger partial charge in [-0.3, -0.25) is 9.63 Å². The van der Waals surface area contributed by atoms with Gasteiger partial charge in [-0.25, -0.2) is 9.87 Å². The summed E-state index contributed by atoms with van der Waals surface area (Å²) >= 11 is 1.01. The smallest absolute Gasteiger partial charge is 0.287 e. The monoisotopic (exact) mass is 219 g/mol. The van der Waals surface area contributed by atoms with Crippen molar-refractivity contribution in [2.24, 2.45) is 0 Å². The van der Waals surface area contributed by atoms with Crippen LogP contribution in [-0.2, 0) is 4.84 Å². The second kappa shape index (κ2) is 5.04. The molecule has 0 unspecified atom stereocenters. The molecule has 0 saturated heterocycles. The van der Waals surface area contributed by atoms with Crippen LogP contribution in [0.25, 0.3) is 0 Å². The van der Waals surface area contributed by atoms with Crippen LogP contribution in [0.2, 0.25) is 0 Å². The summed E-state index contributed by atoms with van der Waals surface area (Å²) in [5, 5.41) is 9.91. The van der Waals surface area contributed by atoms with Crippen LogP contribution in [0.4, 0.5) is 4.39 Å². The van der Waals surface area contributed by atoms with Crippen LogP contribution in [-0.4, -0.2) is 24.2 Å². The van der Waals surface area contributed by atoms with E-state index < -0.39 is 11.7 Å². The zero-order valence-electron chi connectivity index (χ0n) is 7.54. The molecule has 6 heteroatoms. The number of carbonyl (C=O) groups is 1. The maximum Gasteiger partial charge on any atom is 0.287 e. The van der Waals surface area contributed by atoms with Gasteiger partial charge in [0.15, 0.2) is 0 Å². The van der Waals surface area contributed by atoms with Gasteiger partial charge in [-0.1, -0.05) is 0 Å². The van der Waals surface area contributed by atoms with Crippen molar-refractivity contribution in [3.05, 3.63) is 21.6 Å². The highest BCUT2D eigenvalue weighted by molar-refractivity contribution is 7.12. The van der Waals surface area contributed by atoms with Gasteiger partial charge in [0.2, 0.25) is 0 Å². The lowest BCUT2D eigenvalue weighted by atomic mass is 10.3. The van der Waals surface area contributed by atoms with Gasteiger partial charge in [0.25, 0.3) is 5.91 Å². The third-order valence-electron chi connectivity index (χ3n) is 1.46. The fourth-order valence-corrected chi connectivity index (χ4v) is 1.60. The second-order valence-corrected chi connectivity index (χ2v) is 3.44. The molecule has 0 aliphatic rings. The Hall–Kier alpha value is -0.980. The number of aryl methyl sites for hydroxylation is 1. The minimum Gasteiger partial charge on any atom is -0.394 e. The van der Waals surface area contributed by atoms with E-state index in [1.54, 1.807) is 12.3 Å². The number of nitrogens with one attached hydrogen (secondary N) is 1. The Morgan fingerprint density at radius 3 is 3.00 bits per heavy atom. The topological polar surface area (TPSA) is 58.6 Å². The molecule has 1 heterocycles. The van der Waals surface area contributed by atoms with E-state index >= 15 is 0 Å². The summed E-state index contributed by atoms with van der Waals surface area (Å²) in [7, 11) is 0. The molecule has 0 radical (unpaired) electrons. The van der Waals surface area contributed by atoms with Crippen molar-refractivity contribution < 1.29 is 19.1 Å². The lowest BCUT2D eigenvalue weighted by Crippen LogP contribution is -2.25. The summed E-state index contributed by atoms with van der Waals surface area (Å²) in [4.78, 5) is 15.7.